The molecule has 0 amide bonds. The molecule has 3 heterocycles. The molecule has 0 spiro atoms. The van der Waals surface area contributed by atoms with Gasteiger partial charge < -0.3 is 14.3 Å². The van der Waals surface area contributed by atoms with E-state index in [1.54, 1.807) is 0 Å². The van der Waals surface area contributed by atoms with Crippen LogP contribution in [0.4, 0.5) is 0 Å². The highest BCUT2D eigenvalue weighted by atomic mass is 16.3. The second kappa shape index (κ2) is 13.8. The molecule has 1 N–H and O–H groups in total. The fraction of sp³-hybridized carbons (Fsp3) is 0.0182. The third-order valence-corrected chi connectivity index (χ3v) is 11.8. The Labute approximate surface area is 346 Å². The van der Waals surface area contributed by atoms with Crippen LogP contribution in [0.5, 0.6) is 0 Å². The summed E-state index contributed by atoms with van der Waals surface area (Å²) in [7, 11) is 0. The zero-order chi connectivity index (χ0) is 39.6. The molecule has 0 radical (unpaired) electrons. The van der Waals surface area contributed by atoms with Crippen LogP contribution in [-0.4, -0.2) is 16.2 Å². The molecular weight excluding hydrogens is 733 g/mol. The van der Waals surface area contributed by atoms with Crippen LogP contribution < -0.4 is 5.32 Å². The highest BCUT2D eigenvalue weighted by Gasteiger charge is 2.24. The monoisotopic (exact) mass is 768 g/mol. The molecule has 5 nitrogen and oxygen atoms in total. The normalized spacial score (nSPS) is 14.2. The third kappa shape index (κ3) is 5.63. The van der Waals surface area contributed by atoms with Crippen LogP contribution in [0.3, 0.4) is 0 Å². The SMILES string of the molecule is c1ccc(-c2cccc(C3=NC(c4ccc(-n5c6ccccc6c6cc7ccccc7cc65)c(-c5cccc6c5oc5ccccc56)c4)=NC(c4ccccc4)N3)c2)cc1. The van der Waals surface area contributed by atoms with E-state index in [2.05, 4.69) is 192 Å². The number of hydrogen-bond acceptors (Lipinski definition) is 4. The maximum absolute atomic E-state index is 6.75. The third-order valence-electron chi connectivity index (χ3n) is 11.8. The first kappa shape index (κ1) is 34.1. The molecule has 1 atom stereocenters. The molecule has 282 valence electrons. The van der Waals surface area contributed by atoms with Crippen molar-refractivity contribution in [1.82, 2.24) is 9.88 Å². The largest absolute Gasteiger partial charge is 0.455 e. The number of aliphatic imine (C=N–C) groups is 2. The lowest BCUT2D eigenvalue weighted by molar-refractivity contribution is 0.670. The molecule has 0 aliphatic carbocycles. The van der Waals surface area contributed by atoms with Gasteiger partial charge >= 0.3 is 0 Å². The molecule has 2 aromatic heterocycles. The minimum Gasteiger partial charge on any atom is -0.455 e. The van der Waals surface area contributed by atoms with Crippen LogP contribution in [0.25, 0.3) is 82.5 Å². The smallest absolute Gasteiger partial charge is 0.159 e. The summed E-state index contributed by atoms with van der Waals surface area (Å²) in [4.78, 5) is 10.6. The summed E-state index contributed by atoms with van der Waals surface area (Å²) >= 11 is 0. The number of aromatic nitrogens is 1. The van der Waals surface area contributed by atoms with Crippen molar-refractivity contribution in [1.29, 1.82) is 0 Å². The predicted molar refractivity (Wildman–Crippen MR) is 248 cm³/mol. The van der Waals surface area contributed by atoms with E-state index in [4.69, 9.17) is 14.4 Å². The fourth-order valence-electron chi connectivity index (χ4n) is 8.97. The quantitative estimate of drug-likeness (QED) is 0.183. The molecule has 5 heteroatoms. The number of nitrogens with zero attached hydrogens (tertiary/aromatic N) is 3. The lowest BCUT2D eigenvalue weighted by Crippen LogP contribution is -2.33. The summed E-state index contributed by atoms with van der Waals surface area (Å²) in [6.07, 6.45) is -0.346. The summed E-state index contributed by atoms with van der Waals surface area (Å²) < 4.78 is 9.16. The maximum atomic E-state index is 6.75. The van der Waals surface area contributed by atoms with Crippen molar-refractivity contribution < 1.29 is 4.42 Å². The van der Waals surface area contributed by atoms with Crippen molar-refractivity contribution >= 4 is 66.2 Å². The number of fused-ring (bicyclic) bond motifs is 7. The van der Waals surface area contributed by atoms with E-state index in [9.17, 15) is 0 Å². The average Bonchev–Trinajstić information content (AvgIpc) is 3.86. The molecule has 0 bridgehead atoms. The molecule has 1 unspecified atom stereocenters. The molecule has 1 aliphatic rings. The second-order valence-electron chi connectivity index (χ2n) is 15.4. The van der Waals surface area contributed by atoms with Crippen molar-refractivity contribution in [3.05, 3.63) is 223 Å². The van der Waals surface area contributed by atoms with Gasteiger partial charge in [-0.3, -0.25) is 0 Å². The van der Waals surface area contributed by atoms with Crippen molar-refractivity contribution in [2.24, 2.45) is 9.98 Å². The molecule has 0 saturated carbocycles. The molecule has 9 aromatic carbocycles. The van der Waals surface area contributed by atoms with Crippen LogP contribution in [0.2, 0.25) is 0 Å². The van der Waals surface area contributed by atoms with Gasteiger partial charge in [0.1, 0.15) is 23.2 Å². The van der Waals surface area contributed by atoms with Gasteiger partial charge in [-0.2, -0.15) is 0 Å². The number of furan rings is 1. The standard InChI is InChI=1S/C55H36N4O/c1-3-15-35(16-4-1)37-21-13-22-40(31-37)54-56-53(36-17-5-2-6-18-36)57-55(58-54)41-29-30-49(47(33-41)45-26-14-25-44-43-24-10-12-28-51(43)60-52(44)45)59-48-27-11-9-23-42(48)46-32-38-19-7-8-20-39(38)34-50(46)59/h1-34,53H,(H,56,57,58). The van der Waals surface area contributed by atoms with E-state index in [1.807, 2.05) is 24.3 Å². The summed E-state index contributed by atoms with van der Waals surface area (Å²) in [5.74, 6) is 1.42. The van der Waals surface area contributed by atoms with Gasteiger partial charge in [0, 0.05) is 43.8 Å². The van der Waals surface area contributed by atoms with Gasteiger partial charge in [0.25, 0.3) is 0 Å². The number of rotatable bonds is 6. The van der Waals surface area contributed by atoms with Crippen LogP contribution in [0, 0.1) is 0 Å². The van der Waals surface area contributed by atoms with Crippen molar-refractivity contribution in [3.63, 3.8) is 0 Å². The Bertz CT molecular complexity index is 3520. The van der Waals surface area contributed by atoms with E-state index >= 15 is 0 Å². The predicted octanol–water partition coefficient (Wildman–Crippen LogP) is 13.7. The van der Waals surface area contributed by atoms with Gasteiger partial charge in [-0.25, -0.2) is 9.98 Å². The van der Waals surface area contributed by atoms with Gasteiger partial charge in [-0.15, -0.1) is 0 Å². The lowest BCUT2D eigenvalue weighted by Gasteiger charge is -2.24. The van der Waals surface area contributed by atoms with Crippen LogP contribution in [0.1, 0.15) is 22.9 Å². The van der Waals surface area contributed by atoms with E-state index in [0.29, 0.717) is 5.84 Å². The minimum atomic E-state index is -0.346. The summed E-state index contributed by atoms with van der Waals surface area (Å²) in [6, 6.07) is 72.8. The van der Waals surface area contributed by atoms with Gasteiger partial charge in [-0.1, -0.05) is 158 Å². The minimum absolute atomic E-state index is 0.346. The molecule has 1 aliphatic heterocycles. The first-order valence-electron chi connectivity index (χ1n) is 20.3. The topological polar surface area (TPSA) is 54.8 Å². The summed E-state index contributed by atoms with van der Waals surface area (Å²) in [5.41, 5.74) is 12.3. The van der Waals surface area contributed by atoms with E-state index in [0.717, 1.165) is 83.4 Å². The average molecular weight is 769 g/mol. The summed E-state index contributed by atoms with van der Waals surface area (Å²) in [6.45, 7) is 0. The molecule has 12 rings (SSSR count). The van der Waals surface area contributed by atoms with E-state index in [1.165, 1.54) is 21.5 Å². The molecule has 0 fully saturated rings. The van der Waals surface area contributed by atoms with E-state index < -0.39 is 0 Å². The number of amidine groups is 2. The highest BCUT2D eigenvalue weighted by molar-refractivity contribution is 6.17. The van der Waals surface area contributed by atoms with Crippen LogP contribution >= 0.6 is 0 Å². The Morgan fingerprint density at radius 1 is 0.450 bits per heavy atom. The zero-order valence-electron chi connectivity index (χ0n) is 32.5. The summed E-state index contributed by atoms with van der Waals surface area (Å²) in [5, 5.41) is 10.7. The fourth-order valence-corrected chi connectivity index (χ4v) is 8.97. The Kier molecular flexibility index (Phi) is 7.85. The molecule has 11 aromatic rings. The van der Waals surface area contributed by atoms with E-state index in [-0.39, 0.29) is 6.17 Å². The highest BCUT2D eigenvalue weighted by Crippen LogP contribution is 2.42. The Hall–Kier alpha value is -8.02. The van der Waals surface area contributed by atoms with Gasteiger partial charge in [0.15, 0.2) is 5.84 Å². The zero-order valence-corrected chi connectivity index (χ0v) is 32.5. The number of para-hydroxylation sites is 3. The molecular formula is C55H36N4O. The Morgan fingerprint density at radius 3 is 2.00 bits per heavy atom. The number of hydrogen-bond donors (Lipinski definition) is 1. The lowest BCUT2D eigenvalue weighted by atomic mass is 9.97. The number of nitrogens with one attached hydrogen (secondary N) is 1. The van der Waals surface area contributed by atoms with Crippen LogP contribution in [-0.2, 0) is 0 Å². The first-order chi connectivity index (χ1) is 29.7. The molecule has 0 saturated heterocycles. The van der Waals surface area contributed by atoms with Crippen molar-refractivity contribution in [3.8, 4) is 27.9 Å². The Morgan fingerprint density at radius 2 is 1.13 bits per heavy atom. The maximum Gasteiger partial charge on any atom is 0.159 e. The van der Waals surface area contributed by atoms with Gasteiger partial charge in [0.2, 0.25) is 0 Å². The Balaban J connectivity index is 1.11. The van der Waals surface area contributed by atoms with Crippen molar-refractivity contribution in [2.45, 2.75) is 6.17 Å². The van der Waals surface area contributed by atoms with Crippen LogP contribution in [0.15, 0.2) is 221 Å². The number of benzene rings is 9. The van der Waals surface area contributed by atoms with Gasteiger partial charge in [0.05, 0.1) is 16.7 Å². The van der Waals surface area contributed by atoms with Crippen molar-refractivity contribution in [2.75, 3.05) is 0 Å². The van der Waals surface area contributed by atoms with Gasteiger partial charge in [-0.05, 0) is 76.0 Å². The second-order valence-corrected chi connectivity index (χ2v) is 15.4. The molecule has 60 heavy (non-hydrogen) atoms. The first-order valence-corrected chi connectivity index (χ1v) is 20.3.